The number of nitrogens with zero attached hydrogens (tertiary/aromatic N) is 1. The van der Waals surface area contributed by atoms with E-state index in [2.05, 4.69) is 95.9 Å². The Kier molecular flexibility index (Phi) is 8.88. The van der Waals surface area contributed by atoms with Gasteiger partial charge in [0.2, 0.25) is 0 Å². The fourth-order valence-electron chi connectivity index (χ4n) is 4.67. The number of benzene rings is 3. The zero-order valence-corrected chi connectivity index (χ0v) is 19.4. The molecule has 1 aliphatic rings. The van der Waals surface area contributed by atoms with Crippen molar-refractivity contribution in [2.45, 2.75) is 45.0 Å². The van der Waals surface area contributed by atoms with Crippen molar-refractivity contribution in [3.8, 4) is 0 Å². The van der Waals surface area contributed by atoms with E-state index in [0.717, 1.165) is 32.4 Å². The summed E-state index contributed by atoms with van der Waals surface area (Å²) in [5, 5.41) is 9.90. The van der Waals surface area contributed by atoms with Crippen LogP contribution in [0.5, 0.6) is 0 Å². The molecule has 0 heterocycles. The Labute approximate surface area is 198 Å². The molecular formula is C30H35NO2. The van der Waals surface area contributed by atoms with Gasteiger partial charge in [-0.3, -0.25) is 4.90 Å². The molecule has 0 spiro atoms. The highest BCUT2D eigenvalue weighted by atomic mass is 16.5. The van der Waals surface area contributed by atoms with Gasteiger partial charge in [0.1, 0.15) is 0 Å². The summed E-state index contributed by atoms with van der Waals surface area (Å²) in [6.07, 6.45) is 5.71. The zero-order chi connectivity index (χ0) is 22.7. The molecule has 1 fully saturated rings. The highest BCUT2D eigenvalue weighted by Crippen LogP contribution is 2.32. The van der Waals surface area contributed by atoms with E-state index >= 15 is 0 Å². The summed E-state index contributed by atoms with van der Waals surface area (Å²) < 4.78 is 6.27. The Bertz CT molecular complexity index is 930. The first-order valence-electron chi connectivity index (χ1n) is 12.1. The second-order valence-electron chi connectivity index (χ2n) is 8.96. The third-order valence-electron chi connectivity index (χ3n) is 6.50. The Hall–Kier alpha value is -2.72. The van der Waals surface area contributed by atoms with Crippen molar-refractivity contribution in [3.05, 3.63) is 119 Å². The molecule has 4 rings (SSSR count). The Morgan fingerprint density at radius 2 is 1.36 bits per heavy atom. The summed E-state index contributed by atoms with van der Waals surface area (Å²) in [5.74, 6) is 0.289. The van der Waals surface area contributed by atoms with Crippen LogP contribution in [0.4, 0.5) is 0 Å². The van der Waals surface area contributed by atoms with E-state index in [9.17, 15) is 5.11 Å². The molecule has 3 aromatic rings. The topological polar surface area (TPSA) is 32.7 Å². The van der Waals surface area contributed by atoms with Gasteiger partial charge in [0.15, 0.2) is 0 Å². The van der Waals surface area contributed by atoms with Gasteiger partial charge in [-0.05, 0) is 36.0 Å². The van der Waals surface area contributed by atoms with Crippen LogP contribution in [0.3, 0.4) is 0 Å². The fourth-order valence-corrected chi connectivity index (χ4v) is 4.67. The van der Waals surface area contributed by atoms with Crippen molar-refractivity contribution in [1.82, 2.24) is 4.90 Å². The molecule has 0 bridgehead atoms. The molecule has 1 N–H and O–H groups in total. The third-order valence-corrected chi connectivity index (χ3v) is 6.50. The van der Waals surface area contributed by atoms with Crippen molar-refractivity contribution in [2.24, 2.45) is 5.92 Å². The molecule has 172 valence electrons. The van der Waals surface area contributed by atoms with E-state index < -0.39 is 0 Å². The minimum atomic E-state index is 0.135. The average molecular weight is 442 g/mol. The number of hydrogen-bond acceptors (Lipinski definition) is 3. The van der Waals surface area contributed by atoms with Crippen molar-refractivity contribution in [1.29, 1.82) is 0 Å². The van der Waals surface area contributed by atoms with Gasteiger partial charge in [-0.2, -0.15) is 0 Å². The van der Waals surface area contributed by atoms with Crippen LogP contribution in [0.15, 0.2) is 103 Å². The van der Waals surface area contributed by atoms with Crippen LogP contribution in [-0.4, -0.2) is 29.3 Å². The monoisotopic (exact) mass is 441 g/mol. The average Bonchev–Trinajstić information content (AvgIpc) is 3.32. The Morgan fingerprint density at radius 3 is 1.91 bits per heavy atom. The molecule has 2 atom stereocenters. The van der Waals surface area contributed by atoms with Crippen molar-refractivity contribution >= 4 is 0 Å². The van der Waals surface area contributed by atoms with Crippen molar-refractivity contribution in [2.75, 3.05) is 13.2 Å². The lowest BCUT2D eigenvalue weighted by molar-refractivity contribution is 0.0605. The van der Waals surface area contributed by atoms with Crippen LogP contribution < -0.4 is 0 Å². The first-order chi connectivity index (χ1) is 16.3. The molecule has 3 aromatic carbocycles. The summed E-state index contributed by atoms with van der Waals surface area (Å²) >= 11 is 0. The lowest BCUT2D eigenvalue weighted by atomic mass is 10.0. The molecule has 1 saturated carbocycles. The lowest BCUT2D eigenvalue weighted by Gasteiger charge is -2.31. The van der Waals surface area contributed by atoms with E-state index in [4.69, 9.17) is 4.74 Å². The predicted molar refractivity (Wildman–Crippen MR) is 135 cm³/mol. The fraction of sp³-hybridized carbons (Fsp3) is 0.333. The standard InChI is InChI=1S/C30H35NO2/c32-22-29-18-10-17-28(29)19-30(24-33-23-27-15-8-3-9-16-27)31(20-25-11-4-1-5-12-25)21-26-13-6-2-7-14-26/h1-9,11-16,19,29-30,32H,10,17-18,20-24H2/b28-19-/t29-,30-/m1/s1. The molecule has 0 unspecified atom stereocenters. The van der Waals surface area contributed by atoms with Gasteiger partial charge >= 0.3 is 0 Å². The van der Waals surface area contributed by atoms with Crippen molar-refractivity contribution < 1.29 is 9.84 Å². The second-order valence-corrected chi connectivity index (χ2v) is 8.96. The van der Waals surface area contributed by atoms with Crippen LogP contribution in [0.1, 0.15) is 36.0 Å². The predicted octanol–water partition coefficient (Wildman–Crippen LogP) is 5.99. The number of aliphatic hydroxyl groups excluding tert-OH is 1. The van der Waals surface area contributed by atoms with E-state index in [1.165, 1.54) is 22.3 Å². The number of aliphatic hydroxyl groups is 1. The summed E-state index contributed by atoms with van der Waals surface area (Å²) in [6, 6.07) is 31.8. The van der Waals surface area contributed by atoms with Gasteiger partial charge in [0, 0.05) is 25.6 Å². The highest BCUT2D eigenvalue weighted by molar-refractivity contribution is 5.20. The van der Waals surface area contributed by atoms with Gasteiger partial charge < -0.3 is 9.84 Å². The smallest absolute Gasteiger partial charge is 0.0717 e. The molecular weight excluding hydrogens is 406 g/mol. The lowest BCUT2D eigenvalue weighted by Crippen LogP contribution is -2.37. The van der Waals surface area contributed by atoms with Gasteiger partial charge in [0.05, 0.1) is 19.3 Å². The number of hydrogen-bond donors (Lipinski definition) is 1. The van der Waals surface area contributed by atoms with Crippen molar-refractivity contribution in [3.63, 3.8) is 0 Å². The van der Waals surface area contributed by atoms with Gasteiger partial charge in [-0.15, -0.1) is 0 Å². The molecule has 0 saturated heterocycles. The maximum atomic E-state index is 9.90. The highest BCUT2D eigenvalue weighted by Gasteiger charge is 2.24. The van der Waals surface area contributed by atoms with Crippen LogP contribution in [0.25, 0.3) is 0 Å². The van der Waals surface area contributed by atoms with Gasteiger partial charge in [-0.1, -0.05) is 103 Å². The summed E-state index contributed by atoms with van der Waals surface area (Å²) in [6.45, 7) is 3.16. The summed E-state index contributed by atoms with van der Waals surface area (Å²) in [4.78, 5) is 2.51. The number of rotatable bonds is 11. The first-order valence-corrected chi connectivity index (χ1v) is 12.1. The molecule has 0 aliphatic heterocycles. The Balaban J connectivity index is 1.57. The Morgan fingerprint density at radius 1 is 0.818 bits per heavy atom. The molecule has 3 nitrogen and oxygen atoms in total. The normalized spacial score (nSPS) is 18.1. The van der Waals surface area contributed by atoms with E-state index in [0.29, 0.717) is 13.2 Å². The minimum Gasteiger partial charge on any atom is -0.396 e. The summed E-state index contributed by atoms with van der Waals surface area (Å²) in [7, 11) is 0. The van der Waals surface area contributed by atoms with Gasteiger partial charge in [-0.25, -0.2) is 0 Å². The quantitative estimate of drug-likeness (QED) is 0.371. The SMILES string of the molecule is OC[C@H]1CCC/C1=C/[C@H](COCc1ccccc1)N(Cc1ccccc1)Cc1ccccc1. The van der Waals surface area contributed by atoms with Crippen LogP contribution in [-0.2, 0) is 24.4 Å². The zero-order valence-electron chi connectivity index (χ0n) is 19.4. The second kappa shape index (κ2) is 12.5. The summed E-state index contributed by atoms with van der Waals surface area (Å²) in [5.41, 5.74) is 5.17. The maximum Gasteiger partial charge on any atom is 0.0717 e. The molecule has 0 aromatic heterocycles. The minimum absolute atomic E-state index is 0.135. The molecule has 0 amide bonds. The van der Waals surface area contributed by atoms with E-state index in [-0.39, 0.29) is 18.6 Å². The molecule has 1 aliphatic carbocycles. The van der Waals surface area contributed by atoms with Crippen LogP contribution in [0.2, 0.25) is 0 Å². The van der Waals surface area contributed by atoms with Gasteiger partial charge in [0.25, 0.3) is 0 Å². The number of ether oxygens (including phenoxy) is 1. The van der Waals surface area contributed by atoms with Crippen LogP contribution >= 0.6 is 0 Å². The first kappa shape index (κ1) is 23.4. The van der Waals surface area contributed by atoms with E-state index in [1.54, 1.807) is 0 Å². The molecule has 0 radical (unpaired) electrons. The largest absolute Gasteiger partial charge is 0.396 e. The third kappa shape index (κ3) is 7.13. The molecule has 3 heteroatoms. The van der Waals surface area contributed by atoms with Crippen LogP contribution in [0, 0.1) is 5.92 Å². The van der Waals surface area contributed by atoms with E-state index in [1.807, 2.05) is 6.07 Å². The molecule has 33 heavy (non-hydrogen) atoms. The maximum absolute atomic E-state index is 9.90.